The van der Waals surface area contributed by atoms with Crippen molar-refractivity contribution in [2.75, 3.05) is 14.1 Å². The van der Waals surface area contributed by atoms with Gasteiger partial charge < -0.3 is 11.5 Å². The van der Waals surface area contributed by atoms with Gasteiger partial charge in [0.1, 0.15) is 0 Å². The SMILES string of the molecule is CN=C(N)NC(=O)NC(N)=NC. The van der Waals surface area contributed by atoms with Crippen LogP contribution in [0, 0.1) is 0 Å². The van der Waals surface area contributed by atoms with Crippen molar-refractivity contribution in [3.63, 3.8) is 0 Å². The fraction of sp³-hybridized carbons (Fsp3) is 0.400. The first-order chi connectivity index (χ1) is 5.60. The maximum atomic E-state index is 10.8. The molecule has 0 rings (SSSR count). The Bertz CT molecular complexity index is 198. The molecule has 0 aromatic carbocycles. The summed E-state index contributed by atoms with van der Waals surface area (Å²) in [5.41, 5.74) is 10.4. The Kier molecular flexibility index (Phi) is 4.20. The molecule has 0 heterocycles. The van der Waals surface area contributed by atoms with Crippen LogP contribution in [-0.2, 0) is 0 Å². The summed E-state index contributed by atoms with van der Waals surface area (Å²) in [6.07, 6.45) is 0. The third-order valence-corrected chi connectivity index (χ3v) is 0.965. The molecule has 0 aromatic rings. The molecule has 0 aromatic heterocycles. The van der Waals surface area contributed by atoms with Crippen LogP contribution < -0.4 is 22.1 Å². The Labute approximate surface area is 69.9 Å². The number of hydrogen-bond donors (Lipinski definition) is 4. The van der Waals surface area contributed by atoms with Crippen LogP contribution in [0.4, 0.5) is 4.79 Å². The van der Waals surface area contributed by atoms with Gasteiger partial charge in [0.15, 0.2) is 11.9 Å². The van der Waals surface area contributed by atoms with E-state index in [-0.39, 0.29) is 11.9 Å². The lowest BCUT2D eigenvalue weighted by Crippen LogP contribution is -2.47. The van der Waals surface area contributed by atoms with Crippen molar-refractivity contribution < 1.29 is 4.79 Å². The largest absolute Gasteiger partial charge is 0.370 e. The van der Waals surface area contributed by atoms with E-state index < -0.39 is 6.03 Å². The van der Waals surface area contributed by atoms with Gasteiger partial charge in [0, 0.05) is 14.1 Å². The predicted molar refractivity (Wildman–Crippen MR) is 46.8 cm³/mol. The Morgan fingerprint density at radius 3 is 1.67 bits per heavy atom. The van der Waals surface area contributed by atoms with Gasteiger partial charge in [-0.25, -0.2) is 4.79 Å². The van der Waals surface area contributed by atoms with E-state index in [0.29, 0.717) is 0 Å². The molecule has 68 valence electrons. The Morgan fingerprint density at radius 1 is 1.08 bits per heavy atom. The van der Waals surface area contributed by atoms with Crippen LogP contribution in [0.5, 0.6) is 0 Å². The number of rotatable bonds is 0. The number of nitrogens with one attached hydrogen (secondary N) is 2. The van der Waals surface area contributed by atoms with Crippen molar-refractivity contribution in [2.45, 2.75) is 0 Å². The third-order valence-electron chi connectivity index (χ3n) is 0.965. The van der Waals surface area contributed by atoms with Gasteiger partial charge in [-0.05, 0) is 0 Å². The average Bonchev–Trinajstić information content (AvgIpc) is 2.03. The molecule has 7 nitrogen and oxygen atoms in total. The molecule has 0 aliphatic carbocycles. The van der Waals surface area contributed by atoms with Gasteiger partial charge >= 0.3 is 6.03 Å². The minimum Gasteiger partial charge on any atom is -0.370 e. The van der Waals surface area contributed by atoms with Gasteiger partial charge in [-0.1, -0.05) is 0 Å². The van der Waals surface area contributed by atoms with Crippen LogP contribution in [0.2, 0.25) is 0 Å². The quantitative estimate of drug-likeness (QED) is 0.254. The molecule has 0 aliphatic rings. The smallest absolute Gasteiger partial charge is 0.328 e. The number of aliphatic imine (C=N–C) groups is 2. The standard InChI is InChI=1S/C5H12N6O/c1-8-3(6)10-5(12)11-4(7)9-2/h1-2H3,(H6,6,7,8,9,10,11,12). The van der Waals surface area contributed by atoms with E-state index in [1.807, 2.05) is 0 Å². The van der Waals surface area contributed by atoms with Crippen molar-refractivity contribution >= 4 is 18.0 Å². The monoisotopic (exact) mass is 172 g/mol. The van der Waals surface area contributed by atoms with E-state index >= 15 is 0 Å². The minimum absolute atomic E-state index is 0.0106. The van der Waals surface area contributed by atoms with Crippen LogP contribution in [-0.4, -0.2) is 32.0 Å². The maximum Gasteiger partial charge on any atom is 0.328 e. The molecule has 0 fully saturated rings. The summed E-state index contributed by atoms with van der Waals surface area (Å²) >= 11 is 0. The number of guanidine groups is 2. The topological polar surface area (TPSA) is 118 Å². The Morgan fingerprint density at radius 2 is 1.42 bits per heavy atom. The summed E-state index contributed by atoms with van der Waals surface area (Å²) in [7, 11) is 2.90. The molecule has 2 amide bonds. The summed E-state index contributed by atoms with van der Waals surface area (Å²) in [5.74, 6) is 0.0211. The number of nitrogens with two attached hydrogens (primary N) is 2. The van der Waals surface area contributed by atoms with Crippen molar-refractivity contribution in [1.29, 1.82) is 0 Å². The van der Waals surface area contributed by atoms with E-state index in [1.54, 1.807) is 0 Å². The summed E-state index contributed by atoms with van der Waals surface area (Å²) in [4.78, 5) is 17.8. The van der Waals surface area contributed by atoms with Gasteiger partial charge in [0.25, 0.3) is 0 Å². The van der Waals surface area contributed by atoms with Crippen molar-refractivity contribution in [1.82, 2.24) is 10.6 Å². The first-order valence-corrected chi connectivity index (χ1v) is 3.12. The van der Waals surface area contributed by atoms with Crippen molar-refractivity contribution in [2.24, 2.45) is 21.5 Å². The second kappa shape index (κ2) is 4.94. The maximum absolute atomic E-state index is 10.8. The highest BCUT2D eigenvalue weighted by molar-refractivity contribution is 6.02. The zero-order valence-corrected chi connectivity index (χ0v) is 6.96. The molecule has 6 N–H and O–H groups in total. The lowest BCUT2D eigenvalue weighted by Gasteiger charge is -2.04. The number of urea groups is 1. The van der Waals surface area contributed by atoms with E-state index in [0.717, 1.165) is 0 Å². The summed E-state index contributed by atoms with van der Waals surface area (Å²) < 4.78 is 0. The molecular weight excluding hydrogens is 160 g/mol. The molecule has 0 saturated heterocycles. The number of amides is 2. The van der Waals surface area contributed by atoms with Crippen molar-refractivity contribution in [3.8, 4) is 0 Å². The summed E-state index contributed by atoms with van der Waals surface area (Å²) in [5, 5.41) is 4.42. The number of carbonyl (C=O) groups excluding carboxylic acids is 1. The Balaban J connectivity index is 3.91. The lowest BCUT2D eigenvalue weighted by atomic mass is 10.8. The fourth-order valence-corrected chi connectivity index (χ4v) is 0.376. The normalized spacial score (nSPS) is 12.5. The first-order valence-electron chi connectivity index (χ1n) is 3.12. The highest BCUT2D eigenvalue weighted by Gasteiger charge is 2.01. The molecule has 0 spiro atoms. The van der Waals surface area contributed by atoms with E-state index in [9.17, 15) is 4.79 Å². The van der Waals surface area contributed by atoms with Crippen LogP contribution >= 0.6 is 0 Å². The third kappa shape index (κ3) is 4.09. The first kappa shape index (κ1) is 10.2. The van der Waals surface area contributed by atoms with Gasteiger partial charge in [0.2, 0.25) is 0 Å². The van der Waals surface area contributed by atoms with E-state index in [4.69, 9.17) is 11.5 Å². The molecular formula is C5H12N6O. The van der Waals surface area contributed by atoms with Crippen molar-refractivity contribution in [3.05, 3.63) is 0 Å². The van der Waals surface area contributed by atoms with Crippen LogP contribution in [0.1, 0.15) is 0 Å². The van der Waals surface area contributed by atoms with Crippen LogP contribution in [0.25, 0.3) is 0 Å². The zero-order chi connectivity index (χ0) is 9.56. The van der Waals surface area contributed by atoms with Gasteiger partial charge in [-0.2, -0.15) is 0 Å². The summed E-state index contributed by atoms with van der Waals surface area (Å²) in [6.45, 7) is 0. The predicted octanol–water partition coefficient (Wildman–Crippen LogP) is -1.83. The van der Waals surface area contributed by atoms with E-state index in [1.165, 1.54) is 14.1 Å². The second-order valence-electron chi connectivity index (χ2n) is 1.80. The minimum atomic E-state index is -0.568. The molecule has 0 aliphatic heterocycles. The van der Waals surface area contributed by atoms with E-state index in [2.05, 4.69) is 20.6 Å². The highest BCUT2D eigenvalue weighted by atomic mass is 16.2. The van der Waals surface area contributed by atoms with Crippen LogP contribution in [0.15, 0.2) is 9.98 Å². The molecule has 0 radical (unpaired) electrons. The number of carbonyl (C=O) groups is 1. The zero-order valence-electron chi connectivity index (χ0n) is 6.96. The lowest BCUT2D eigenvalue weighted by molar-refractivity contribution is 0.249. The molecule has 0 unspecified atom stereocenters. The molecule has 12 heavy (non-hydrogen) atoms. The molecule has 0 saturated carbocycles. The molecule has 0 atom stereocenters. The highest BCUT2D eigenvalue weighted by Crippen LogP contribution is 1.65. The van der Waals surface area contributed by atoms with Gasteiger partial charge in [-0.15, -0.1) is 0 Å². The van der Waals surface area contributed by atoms with Crippen LogP contribution in [0.3, 0.4) is 0 Å². The van der Waals surface area contributed by atoms with Gasteiger partial charge in [-0.3, -0.25) is 20.6 Å². The second-order valence-corrected chi connectivity index (χ2v) is 1.80. The molecule has 7 heteroatoms. The summed E-state index contributed by atoms with van der Waals surface area (Å²) in [6, 6.07) is -0.568. The van der Waals surface area contributed by atoms with Gasteiger partial charge in [0.05, 0.1) is 0 Å². The molecule has 0 bridgehead atoms. The average molecular weight is 172 g/mol. The Hall–Kier alpha value is -1.79. The number of nitrogens with zero attached hydrogens (tertiary/aromatic N) is 2. The fourth-order valence-electron chi connectivity index (χ4n) is 0.376. The number of hydrogen-bond acceptors (Lipinski definition) is 3.